The van der Waals surface area contributed by atoms with Crippen LogP contribution in [0.25, 0.3) is 0 Å². The lowest BCUT2D eigenvalue weighted by molar-refractivity contribution is -0.138. The number of rotatable bonds is 3. The highest BCUT2D eigenvalue weighted by Gasteiger charge is 2.21. The summed E-state index contributed by atoms with van der Waals surface area (Å²) >= 11 is 0. The van der Waals surface area contributed by atoms with E-state index in [0.717, 1.165) is 13.2 Å². The quantitative estimate of drug-likeness (QED) is 0.771. The van der Waals surface area contributed by atoms with E-state index >= 15 is 0 Å². The van der Waals surface area contributed by atoms with Crippen molar-refractivity contribution >= 4 is 5.97 Å². The lowest BCUT2D eigenvalue weighted by Gasteiger charge is -2.26. The van der Waals surface area contributed by atoms with Crippen LogP contribution >= 0.6 is 0 Å². The van der Waals surface area contributed by atoms with E-state index in [0.29, 0.717) is 11.5 Å². The molecule has 0 aromatic heterocycles. The summed E-state index contributed by atoms with van der Waals surface area (Å²) in [4.78, 5) is 10.6. The first kappa shape index (κ1) is 10.1. The van der Waals surface area contributed by atoms with Gasteiger partial charge in [0.15, 0.2) is 0 Å². The molecule has 0 bridgehead atoms. The van der Waals surface area contributed by atoms with Gasteiger partial charge in [-0.25, -0.2) is 0 Å². The number of carboxylic acid groups (broad SMARTS) is 1. The Hall–Kier alpha value is -1.39. The number of aliphatic carboxylic acids is 1. The highest BCUT2D eigenvalue weighted by atomic mass is 16.5. The Kier molecular flexibility index (Phi) is 2.70. The van der Waals surface area contributed by atoms with Gasteiger partial charge in [-0.15, -0.1) is 0 Å². The lowest BCUT2D eigenvalue weighted by atomic mass is 9.95. The molecule has 0 spiro atoms. The standard InChI is InChI=1S/C11H13NO3/c12-10(11(13)14)8-3-1-7(2-4-8)9-5-15-6-9/h1-4,9-10H,5-6,12H2,(H,13,14). The molecule has 1 saturated heterocycles. The lowest BCUT2D eigenvalue weighted by Crippen LogP contribution is -2.25. The molecule has 1 aromatic rings. The second-order valence-electron chi connectivity index (χ2n) is 3.72. The molecule has 1 heterocycles. The van der Waals surface area contributed by atoms with Crippen LogP contribution in [0.1, 0.15) is 23.1 Å². The first-order valence-electron chi connectivity index (χ1n) is 4.84. The zero-order chi connectivity index (χ0) is 10.8. The highest BCUT2D eigenvalue weighted by molar-refractivity contribution is 5.75. The van der Waals surface area contributed by atoms with Crippen LogP contribution in [0.4, 0.5) is 0 Å². The minimum atomic E-state index is -1.00. The van der Waals surface area contributed by atoms with Gasteiger partial charge in [0.2, 0.25) is 0 Å². The average Bonchev–Trinajstić information content (AvgIpc) is 2.15. The molecule has 4 nitrogen and oxygen atoms in total. The summed E-state index contributed by atoms with van der Waals surface area (Å²) in [6, 6.07) is 6.45. The average molecular weight is 207 g/mol. The molecule has 0 amide bonds. The summed E-state index contributed by atoms with van der Waals surface area (Å²) in [6.07, 6.45) is 0. The van der Waals surface area contributed by atoms with Gasteiger partial charge in [0, 0.05) is 5.92 Å². The van der Waals surface area contributed by atoms with Gasteiger partial charge in [-0.2, -0.15) is 0 Å². The van der Waals surface area contributed by atoms with Gasteiger partial charge in [0.25, 0.3) is 0 Å². The second-order valence-corrected chi connectivity index (χ2v) is 3.72. The number of nitrogens with two attached hydrogens (primary N) is 1. The van der Waals surface area contributed by atoms with Crippen molar-refractivity contribution in [1.29, 1.82) is 0 Å². The number of ether oxygens (including phenoxy) is 1. The van der Waals surface area contributed by atoms with Crippen LogP contribution < -0.4 is 5.73 Å². The Morgan fingerprint density at radius 1 is 1.40 bits per heavy atom. The molecule has 0 saturated carbocycles. The van der Waals surface area contributed by atoms with Crippen LogP contribution in [0.5, 0.6) is 0 Å². The molecule has 15 heavy (non-hydrogen) atoms. The summed E-state index contributed by atoms with van der Waals surface area (Å²) in [5, 5.41) is 8.73. The van der Waals surface area contributed by atoms with E-state index in [2.05, 4.69) is 0 Å². The fourth-order valence-corrected chi connectivity index (χ4v) is 1.55. The van der Waals surface area contributed by atoms with Crippen molar-refractivity contribution < 1.29 is 14.6 Å². The summed E-state index contributed by atoms with van der Waals surface area (Å²) in [7, 11) is 0. The molecular weight excluding hydrogens is 194 g/mol. The molecule has 1 atom stereocenters. The van der Waals surface area contributed by atoms with E-state index in [1.807, 2.05) is 12.1 Å². The highest BCUT2D eigenvalue weighted by Crippen LogP contribution is 2.24. The number of carboxylic acids is 1. The predicted octanol–water partition coefficient (Wildman–Crippen LogP) is 0.885. The van der Waals surface area contributed by atoms with Crippen LogP contribution in [-0.2, 0) is 9.53 Å². The molecular formula is C11H13NO3. The van der Waals surface area contributed by atoms with E-state index in [4.69, 9.17) is 15.6 Å². The van der Waals surface area contributed by atoms with Gasteiger partial charge in [0.05, 0.1) is 13.2 Å². The molecule has 1 aliphatic heterocycles. The molecule has 1 unspecified atom stereocenters. The molecule has 1 aliphatic rings. The topological polar surface area (TPSA) is 72.6 Å². The summed E-state index contributed by atoms with van der Waals surface area (Å²) < 4.78 is 5.09. The van der Waals surface area contributed by atoms with Crippen molar-refractivity contribution in [3.05, 3.63) is 35.4 Å². The summed E-state index contributed by atoms with van der Waals surface area (Å²) in [5.41, 5.74) is 7.30. The zero-order valence-corrected chi connectivity index (χ0v) is 8.22. The minimum absolute atomic E-state index is 0.458. The zero-order valence-electron chi connectivity index (χ0n) is 8.22. The van der Waals surface area contributed by atoms with Gasteiger partial charge >= 0.3 is 5.97 Å². The van der Waals surface area contributed by atoms with Gasteiger partial charge in [0.1, 0.15) is 6.04 Å². The van der Waals surface area contributed by atoms with E-state index in [1.54, 1.807) is 12.1 Å². The maximum atomic E-state index is 10.6. The Morgan fingerprint density at radius 3 is 2.40 bits per heavy atom. The van der Waals surface area contributed by atoms with Gasteiger partial charge in [-0.3, -0.25) is 4.79 Å². The number of carbonyl (C=O) groups is 1. The van der Waals surface area contributed by atoms with Crippen molar-refractivity contribution in [2.24, 2.45) is 5.73 Å². The van der Waals surface area contributed by atoms with Crippen LogP contribution in [0.3, 0.4) is 0 Å². The van der Waals surface area contributed by atoms with Crippen molar-refractivity contribution in [3.8, 4) is 0 Å². The SMILES string of the molecule is NC(C(=O)O)c1ccc(C2COC2)cc1. The third kappa shape index (κ3) is 2.00. The van der Waals surface area contributed by atoms with E-state index in [1.165, 1.54) is 5.56 Å². The molecule has 0 aliphatic carbocycles. The third-order valence-corrected chi connectivity index (χ3v) is 2.67. The molecule has 2 rings (SSSR count). The fraction of sp³-hybridized carbons (Fsp3) is 0.364. The maximum absolute atomic E-state index is 10.6. The predicted molar refractivity (Wildman–Crippen MR) is 54.6 cm³/mol. The molecule has 80 valence electrons. The molecule has 1 aromatic carbocycles. The smallest absolute Gasteiger partial charge is 0.325 e. The van der Waals surface area contributed by atoms with Gasteiger partial charge in [-0.05, 0) is 11.1 Å². The van der Waals surface area contributed by atoms with E-state index in [9.17, 15) is 4.79 Å². The molecule has 0 radical (unpaired) electrons. The number of hydrogen-bond donors (Lipinski definition) is 2. The normalized spacial score (nSPS) is 18.2. The van der Waals surface area contributed by atoms with Crippen LogP contribution in [0.15, 0.2) is 24.3 Å². The fourth-order valence-electron chi connectivity index (χ4n) is 1.55. The van der Waals surface area contributed by atoms with Crippen molar-refractivity contribution in [3.63, 3.8) is 0 Å². The van der Waals surface area contributed by atoms with Crippen LogP contribution in [0.2, 0.25) is 0 Å². The first-order valence-corrected chi connectivity index (χ1v) is 4.84. The second kappa shape index (κ2) is 4.00. The number of hydrogen-bond acceptors (Lipinski definition) is 3. The monoisotopic (exact) mass is 207 g/mol. The third-order valence-electron chi connectivity index (χ3n) is 2.67. The van der Waals surface area contributed by atoms with Crippen LogP contribution in [-0.4, -0.2) is 24.3 Å². The summed E-state index contributed by atoms with van der Waals surface area (Å²) in [5.74, 6) is -0.546. The minimum Gasteiger partial charge on any atom is -0.480 e. The number of benzene rings is 1. The van der Waals surface area contributed by atoms with E-state index in [-0.39, 0.29) is 0 Å². The van der Waals surface area contributed by atoms with Crippen molar-refractivity contribution in [2.45, 2.75) is 12.0 Å². The van der Waals surface area contributed by atoms with Gasteiger partial charge < -0.3 is 15.6 Å². The molecule has 1 fully saturated rings. The molecule has 3 N–H and O–H groups in total. The maximum Gasteiger partial charge on any atom is 0.325 e. The summed E-state index contributed by atoms with van der Waals surface area (Å²) in [6.45, 7) is 1.51. The Labute approximate surface area is 87.7 Å². The molecule has 4 heteroatoms. The Bertz CT molecular complexity index is 357. The van der Waals surface area contributed by atoms with Crippen molar-refractivity contribution in [2.75, 3.05) is 13.2 Å². The van der Waals surface area contributed by atoms with E-state index < -0.39 is 12.0 Å². The first-order chi connectivity index (χ1) is 7.18. The Morgan fingerprint density at radius 2 is 2.00 bits per heavy atom. The van der Waals surface area contributed by atoms with Gasteiger partial charge in [-0.1, -0.05) is 24.3 Å². The van der Waals surface area contributed by atoms with Crippen molar-refractivity contribution in [1.82, 2.24) is 0 Å². The van der Waals surface area contributed by atoms with Crippen LogP contribution in [0, 0.1) is 0 Å². The largest absolute Gasteiger partial charge is 0.480 e. The Balaban J connectivity index is 2.12.